The van der Waals surface area contributed by atoms with Crippen LogP contribution in [0.1, 0.15) is 29.1 Å². The van der Waals surface area contributed by atoms with E-state index < -0.39 is 0 Å². The first-order chi connectivity index (χ1) is 12.8. The van der Waals surface area contributed by atoms with Gasteiger partial charge < -0.3 is 0 Å². The summed E-state index contributed by atoms with van der Waals surface area (Å²) in [6.45, 7) is 0. The van der Waals surface area contributed by atoms with Crippen LogP contribution in [-0.2, 0) is 0 Å². The number of nitrogens with one attached hydrogen (secondary N) is 2. The minimum absolute atomic E-state index is 0.0945. The van der Waals surface area contributed by atoms with Gasteiger partial charge in [-0.1, -0.05) is 35.1 Å². The molecule has 1 saturated heterocycles. The molecule has 2 unspecified atom stereocenters. The maximum absolute atomic E-state index is 5.97. The molecular formula is C16H13ClN8S. The molecule has 0 amide bonds. The lowest BCUT2D eigenvalue weighted by Gasteiger charge is -2.09. The average molecular weight is 385 g/mol. The van der Waals surface area contributed by atoms with Crippen molar-refractivity contribution in [1.82, 2.24) is 40.6 Å². The number of benzene rings is 1. The third-order valence-electron chi connectivity index (χ3n) is 4.27. The van der Waals surface area contributed by atoms with Gasteiger partial charge in [-0.15, -0.1) is 10.2 Å². The fourth-order valence-electron chi connectivity index (χ4n) is 2.98. The zero-order chi connectivity index (χ0) is 17.5. The Kier molecular flexibility index (Phi) is 3.86. The second kappa shape index (κ2) is 6.36. The maximum atomic E-state index is 5.97. The highest BCUT2D eigenvalue weighted by molar-refractivity contribution is 7.16. The summed E-state index contributed by atoms with van der Waals surface area (Å²) in [6.07, 6.45) is 5.79. The molecule has 2 atom stereocenters. The van der Waals surface area contributed by atoms with Crippen molar-refractivity contribution in [2.75, 3.05) is 0 Å². The van der Waals surface area contributed by atoms with Gasteiger partial charge in [-0.05, 0) is 24.1 Å². The van der Waals surface area contributed by atoms with Crippen molar-refractivity contribution >= 4 is 27.9 Å². The molecule has 4 heterocycles. The summed E-state index contributed by atoms with van der Waals surface area (Å²) in [5.41, 5.74) is 8.49. The van der Waals surface area contributed by atoms with E-state index in [4.69, 9.17) is 16.7 Å². The smallest absolute Gasteiger partial charge is 0.235 e. The highest BCUT2D eigenvalue weighted by Crippen LogP contribution is 2.33. The van der Waals surface area contributed by atoms with Crippen LogP contribution in [-0.4, -0.2) is 29.8 Å². The zero-order valence-electron chi connectivity index (χ0n) is 13.4. The van der Waals surface area contributed by atoms with Gasteiger partial charge in [-0.25, -0.2) is 15.8 Å². The molecule has 1 fully saturated rings. The lowest BCUT2D eigenvalue weighted by atomic mass is 10.0. The number of hydrogen-bond acceptors (Lipinski definition) is 8. The number of hydrogen-bond donors (Lipinski definition) is 2. The van der Waals surface area contributed by atoms with Crippen LogP contribution in [0.25, 0.3) is 16.5 Å². The summed E-state index contributed by atoms with van der Waals surface area (Å²) >= 11 is 7.49. The van der Waals surface area contributed by atoms with E-state index in [1.54, 1.807) is 23.1 Å². The van der Waals surface area contributed by atoms with Crippen molar-refractivity contribution in [2.24, 2.45) is 0 Å². The fraction of sp³-hybridized carbons (Fsp3) is 0.188. The van der Waals surface area contributed by atoms with Gasteiger partial charge in [0.05, 0.1) is 12.2 Å². The van der Waals surface area contributed by atoms with Crippen LogP contribution in [0, 0.1) is 0 Å². The number of nitrogens with zero attached hydrogens (tertiary/aromatic N) is 6. The van der Waals surface area contributed by atoms with Gasteiger partial charge >= 0.3 is 0 Å². The molecular weight excluding hydrogens is 372 g/mol. The highest BCUT2D eigenvalue weighted by Gasteiger charge is 2.29. The molecule has 1 aliphatic heterocycles. The van der Waals surface area contributed by atoms with E-state index in [9.17, 15) is 0 Å². The van der Waals surface area contributed by atoms with Crippen molar-refractivity contribution in [3.63, 3.8) is 0 Å². The van der Waals surface area contributed by atoms with Gasteiger partial charge in [0.15, 0.2) is 0 Å². The summed E-state index contributed by atoms with van der Waals surface area (Å²) in [5.74, 6) is 0.593. The molecule has 0 saturated carbocycles. The molecule has 3 aromatic heterocycles. The third kappa shape index (κ3) is 2.74. The number of hydrazine groups is 1. The van der Waals surface area contributed by atoms with Gasteiger partial charge in [0.25, 0.3) is 0 Å². The number of rotatable bonds is 3. The van der Waals surface area contributed by atoms with Crippen LogP contribution in [0.5, 0.6) is 0 Å². The van der Waals surface area contributed by atoms with Crippen LogP contribution < -0.4 is 10.9 Å². The van der Waals surface area contributed by atoms with Crippen molar-refractivity contribution in [3.05, 3.63) is 58.4 Å². The molecule has 130 valence electrons. The zero-order valence-corrected chi connectivity index (χ0v) is 14.9. The topological polar surface area (TPSA) is 92.9 Å². The Hall–Kier alpha value is -2.46. The Morgan fingerprint density at radius 2 is 1.92 bits per heavy atom. The van der Waals surface area contributed by atoms with Crippen molar-refractivity contribution in [2.45, 2.75) is 18.5 Å². The molecule has 5 rings (SSSR count). The average Bonchev–Trinajstić information content (AvgIpc) is 3.38. The predicted octanol–water partition coefficient (Wildman–Crippen LogP) is 2.58. The van der Waals surface area contributed by atoms with Crippen LogP contribution in [0.2, 0.25) is 5.02 Å². The largest absolute Gasteiger partial charge is 0.261 e. The van der Waals surface area contributed by atoms with E-state index in [-0.39, 0.29) is 12.1 Å². The van der Waals surface area contributed by atoms with Crippen molar-refractivity contribution < 1.29 is 0 Å². The standard InChI is InChI=1S/C16H13ClN8S/c17-10-3-1-9(2-4-10)11-7-12(21-20-11)15-24-25-14(22-23-16(25)26-15)13-8-18-5-6-19-13/h1-6,8,11-12,20-21H,7H2. The van der Waals surface area contributed by atoms with E-state index in [0.29, 0.717) is 11.5 Å². The van der Waals surface area contributed by atoms with E-state index in [1.807, 2.05) is 24.3 Å². The number of fused-ring (bicyclic) bond motifs is 1. The molecule has 0 spiro atoms. The molecule has 0 radical (unpaired) electrons. The van der Waals surface area contributed by atoms with E-state index >= 15 is 0 Å². The molecule has 1 aliphatic rings. The maximum Gasteiger partial charge on any atom is 0.235 e. The molecule has 0 bridgehead atoms. The first kappa shape index (κ1) is 15.8. The minimum Gasteiger partial charge on any atom is -0.261 e. The number of aromatic nitrogens is 6. The van der Waals surface area contributed by atoms with Crippen LogP contribution in [0.15, 0.2) is 42.9 Å². The number of halogens is 1. The molecule has 8 nitrogen and oxygen atoms in total. The van der Waals surface area contributed by atoms with E-state index in [0.717, 1.165) is 21.4 Å². The van der Waals surface area contributed by atoms with E-state index in [1.165, 1.54) is 16.9 Å². The predicted molar refractivity (Wildman–Crippen MR) is 97.5 cm³/mol. The molecule has 10 heteroatoms. The Morgan fingerprint density at radius 3 is 2.73 bits per heavy atom. The second-order valence-corrected chi connectivity index (χ2v) is 7.35. The Balaban J connectivity index is 1.42. The summed E-state index contributed by atoms with van der Waals surface area (Å²) in [4.78, 5) is 9.09. The second-order valence-electron chi connectivity index (χ2n) is 5.93. The Labute approximate surface area is 157 Å². The third-order valence-corrected chi connectivity index (χ3v) is 5.54. The lowest BCUT2D eigenvalue weighted by Crippen LogP contribution is -2.26. The van der Waals surface area contributed by atoms with Gasteiger partial charge in [0, 0.05) is 23.5 Å². The van der Waals surface area contributed by atoms with Crippen LogP contribution in [0.4, 0.5) is 0 Å². The van der Waals surface area contributed by atoms with Crippen LogP contribution in [0.3, 0.4) is 0 Å². The lowest BCUT2D eigenvalue weighted by molar-refractivity contribution is 0.551. The van der Waals surface area contributed by atoms with Gasteiger partial charge in [0.2, 0.25) is 10.8 Å². The molecule has 0 aliphatic carbocycles. The summed E-state index contributed by atoms with van der Waals surface area (Å²) in [5, 5.41) is 14.8. The van der Waals surface area contributed by atoms with Crippen LogP contribution >= 0.6 is 22.9 Å². The SMILES string of the molecule is Clc1ccc(C2CC(c3nn4c(-c5cnccn5)nnc4s3)NN2)cc1. The Morgan fingerprint density at radius 1 is 1.08 bits per heavy atom. The monoisotopic (exact) mass is 384 g/mol. The van der Waals surface area contributed by atoms with Crippen molar-refractivity contribution in [1.29, 1.82) is 0 Å². The first-order valence-corrected chi connectivity index (χ1v) is 9.22. The molecule has 2 N–H and O–H groups in total. The van der Waals surface area contributed by atoms with Crippen molar-refractivity contribution in [3.8, 4) is 11.5 Å². The fourth-order valence-corrected chi connectivity index (χ4v) is 4.01. The molecule has 26 heavy (non-hydrogen) atoms. The Bertz CT molecular complexity index is 1050. The first-order valence-electron chi connectivity index (χ1n) is 8.03. The summed E-state index contributed by atoms with van der Waals surface area (Å²) in [6, 6.07) is 8.18. The summed E-state index contributed by atoms with van der Waals surface area (Å²) < 4.78 is 1.72. The normalized spacial score (nSPS) is 20.0. The highest BCUT2D eigenvalue weighted by atomic mass is 35.5. The van der Waals surface area contributed by atoms with Gasteiger partial charge in [-0.2, -0.15) is 9.61 Å². The molecule has 4 aromatic rings. The summed E-state index contributed by atoms with van der Waals surface area (Å²) in [7, 11) is 0. The molecule has 1 aromatic carbocycles. The van der Waals surface area contributed by atoms with Gasteiger partial charge in [-0.3, -0.25) is 4.98 Å². The van der Waals surface area contributed by atoms with Gasteiger partial charge in [0.1, 0.15) is 10.7 Å². The minimum atomic E-state index is 0.0945. The van der Waals surface area contributed by atoms with E-state index in [2.05, 4.69) is 31.0 Å². The quantitative estimate of drug-likeness (QED) is 0.560.